The molecule has 9 heteroatoms. The molecule has 1 aromatic heterocycles. The molecular weight excluding hydrogens is 385 g/mol. The van der Waals surface area contributed by atoms with Gasteiger partial charge in [0.05, 0.1) is 11.6 Å². The lowest BCUT2D eigenvalue weighted by molar-refractivity contribution is -0.185. The van der Waals surface area contributed by atoms with Gasteiger partial charge < -0.3 is 10.2 Å². The van der Waals surface area contributed by atoms with Crippen LogP contribution in [0.1, 0.15) is 38.3 Å². The lowest BCUT2D eigenvalue weighted by Gasteiger charge is -2.34. The summed E-state index contributed by atoms with van der Waals surface area (Å²) in [5.74, 6) is -1.99. The number of carbonyl (C=O) groups excluding carboxylic acids is 2. The van der Waals surface area contributed by atoms with E-state index in [-0.39, 0.29) is 18.7 Å². The van der Waals surface area contributed by atoms with Gasteiger partial charge in [-0.05, 0) is 31.4 Å². The molecule has 6 nitrogen and oxygen atoms in total. The average Bonchev–Trinajstić information content (AvgIpc) is 2.68. The van der Waals surface area contributed by atoms with Crippen LogP contribution in [0.25, 0.3) is 0 Å². The first kappa shape index (κ1) is 21.5. The Kier molecular flexibility index (Phi) is 6.77. The normalized spacial score (nSPS) is 23.7. The second-order valence-electron chi connectivity index (χ2n) is 7.89. The number of hydrogen-bond donors (Lipinski definition) is 1. The Hall–Kier alpha value is -2.16. The van der Waals surface area contributed by atoms with Crippen molar-refractivity contribution in [1.82, 2.24) is 14.8 Å². The van der Waals surface area contributed by atoms with Gasteiger partial charge in [-0.1, -0.05) is 12.5 Å². The zero-order valence-corrected chi connectivity index (χ0v) is 16.5. The molecule has 2 aliphatic rings. The monoisotopic (exact) mass is 412 g/mol. The largest absolute Gasteiger partial charge is 0.391 e. The number of nitrogens with zero attached hydrogens (tertiary/aromatic N) is 3. The number of alkyl halides is 3. The molecule has 1 N–H and O–H groups in total. The average molecular weight is 412 g/mol. The van der Waals surface area contributed by atoms with Gasteiger partial charge in [0, 0.05) is 45.6 Å². The van der Waals surface area contributed by atoms with E-state index in [0.717, 1.165) is 18.8 Å². The summed E-state index contributed by atoms with van der Waals surface area (Å²) in [5, 5.41) is 2.69. The van der Waals surface area contributed by atoms with Gasteiger partial charge in [-0.15, -0.1) is 0 Å². The second-order valence-corrected chi connectivity index (χ2v) is 7.89. The molecule has 1 aliphatic heterocycles. The van der Waals surface area contributed by atoms with E-state index in [1.807, 2.05) is 6.07 Å². The van der Waals surface area contributed by atoms with E-state index < -0.39 is 23.9 Å². The summed E-state index contributed by atoms with van der Waals surface area (Å²) in [4.78, 5) is 32.3. The molecule has 1 saturated heterocycles. The highest BCUT2D eigenvalue weighted by Crippen LogP contribution is 2.40. The first-order valence-corrected chi connectivity index (χ1v) is 10.0. The topological polar surface area (TPSA) is 65.5 Å². The summed E-state index contributed by atoms with van der Waals surface area (Å²) in [6, 6.07) is 5.29. The molecule has 2 amide bonds. The summed E-state index contributed by atoms with van der Waals surface area (Å²) in [6.07, 6.45) is -3.43. The number of amides is 2. The van der Waals surface area contributed by atoms with Crippen molar-refractivity contribution in [2.75, 3.05) is 31.5 Å². The lowest BCUT2D eigenvalue weighted by Crippen LogP contribution is -2.47. The summed E-state index contributed by atoms with van der Waals surface area (Å²) >= 11 is 0. The number of halogens is 3. The Balaban J connectivity index is 1.54. The lowest BCUT2D eigenvalue weighted by atomic mass is 9.80. The van der Waals surface area contributed by atoms with Gasteiger partial charge in [-0.25, -0.2) is 4.98 Å². The maximum Gasteiger partial charge on any atom is 0.391 e. The fourth-order valence-corrected chi connectivity index (χ4v) is 4.04. The maximum absolute atomic E-state index is 13.0. The Morgan fingerprint density at radius 2 is 1.90 bits per heavy atom. The fraction of sp³-hybridized carbons (Fsp3) is 0.650. The molecule has 0 aromatic carbocycles. The number of carbonyl (C=O) groups is 2. The van der Waals surface area contributed by atoms with Gasteiger partial charge in [0.25, 0.3) is 0 Å². The number of anilines is 1. The Morgan fingerprint density at radius 1 is 1.17 bits per heavy atom. The Labute approximate surface area is 168 Å². The van der Waals surface area contributed by atoms with E-state index in [2.05, 4.69) is 15.2 Å². The molecule has 0 bridgehead atoms. The van der Waals surface area contributed by atoms with Crippen LogP contribution in [0.4, 0.5) is 19.0 Å². The van der Waals surface area contributed by atoms with Crippen LogP contribution in [0.5, 0.6) is 0 Å². The van der Waals surface area contributed by atoms with Gasteiger partial charge in [0.15, 0.2) is 0 Å². The smallest absolute Gasteiger partial charge is 0.340 e. The number of aromatic nitrogens is 1. The minimum Gasteiger partial charge on any atom is -0.340 e. The molecule has 1 aliphatic carbocycles. The molecule has 2 fully saturated rings. The number of nitrogens with one attached hydrogen (secondary N) is 1. The van der Waals surface area contributed by atoms with Crippen molar-refractivity contribution in [3.05, 3.63) is 23.9 Å². The van der Waals surface area contributed by atoms with Crippen molar-refractivity contribution in [3.63, 3.8) is 0 Å². The van der Waals surface area contributed by atoms with E-state index in [9.17, 15) is 22.8 Å². The molecule has 1 aromatic rings. The Bertz CT molecular complexity index is 733. The SMILES string of the molecule is CC(=O)N1CCN(Cc2cccc(NC(=O)[C@H]3CCC[C@H](C(F)(F)F)C3)n2)CC1. The standard InChI is InChI=1S/C20H27F3N4O2/c1-14(28)27-10-8-26(9-11-27)13-17-6-3-7-18(24-17)25-19(29)15-4-2-5-16(12-15)20(21,22)23/h3,6-7,15-16H,2,4-5,8-13H2,1H3,(H,24,25,29)/t15-,16-/m0/s1. The van der Waals surface area contributed by atoms with Crippen LogP contribution in [0.2, 0.25) is 0 Å². The highest BCUT2D eigenvalue weighted by Gasteiger charge is 2.43. The van der Waals surface area contributed by atoms with Gasteiger partial charge in [0.2, 0.25) is 11.8 Å². The number of hydrogen-bond acceptors (Lipinski definition) is 4. The van der Waals surface area contributed by atoms with Crippen LogP contribution < -0.4 is 5.32 Å². The predicted octanol–water partition coefficient (Wildman–Crippen LogP) is 3.05. The van der Waals surface area contributed by atoms with Crippen molar-refractivity contribution >= 4 is 17.6 Å². The van der Waals surface area contributed by atoms with E-state index in [1.165, 1.54) is 0 Å². The highest BCUT2D eigenvalue weighted by molar-refractivity contribution is 5.91. The third kappa shape index (κ3) is 5.91. The van der Waals surface area contributed by atoms with E-state index in [0.29, 0.717) is 38.3 Å². The van der Waals surface area contributed by atoms with Crippen LogP contribution in [-0.2, 0) is 16.1 Å². The molecule has 1 saturated carbocycles. The van der Waals surface area contributed by atoms with Crippen LogP contribution >= 0.6 is 0 Å². The third-order valence-electron chi connectivity index (χ3n) is 5.77. The fourth-order valence-electron chi connectivity index (χ4n) is 4.04. The summed E-state index contributed by atoms with van der Waals surface area (Å²) in [7, 11) is 0. The van der Waals surface area contributed by atoms with Crippen molar-refractivity contribution < 1.29 is 22.8 Å². The quantitative estimate of drug-likeness (QED) is 0.826. The van der Waals surface area contributed by atoms with E-state index in [4.69, 9.17) is 0 Å². The van der Waals surface area contributed by atoms with Crippen molar-refractivity contribution in [1.29, 1.82) is 0 Å². The first-order chi connectivity index (χ1) is 13.7. The molecule has 2 heterocycles. The summed E-state index contributed by atoms with van der Waals surface area (Å²) < 4.78 is 38.9. The molecule has 0 radical (unpaired) electrons. The van der Waals surface area contributed by atoms with Crippen LogP contribution in [0, 0.1) is 11.8 Å². The van der Waals surface area contributed by atoms with Gasteiger partial charge in [-0.3, -0.25) is 14.5 Å². The van der Waals surface area contributed by atoms with Crippen molar-refractivity contribution in [3.8, 4) is 0 Å². The number of piperazine rings is 1. The van der Waals surface area contributed by atoms with Crippen molar-refractivity contribution in [2.24, 2.45) is 11.8 Å². The first-order valence-electron chi connectivity index (χ1n) is 10.0. The van der Waals surface area contributed by atoms with Crippen LogP contribution in [0.15, 0.2) is 18.2 Å². The number of rotatable bonds is 4. The number of pyridine rings is 1. The maximum atomic E-state index is 13.0. The predicted molar refractivity (Wildman–Crippen MR) is 102 cm³/mol. The van der Waals surface area contributed by atoms with Gasteiger partial charge in [0.1, 0.15) is 5.82 Å². The molecular formula is C20H27F3N4O2. The third-order valence-corrected chi connectivity index (χ3v) is 5.77. The minimum atomic E-state index is -4.25. The molecule has 0 unspecified atom stereocenters. The van der Waals surface area contributed by atoms with Gasteiger partial charge in [-0.2, -0.15) is 13.2 Å². The molecule has 0 spiro atoms. The van der Waals surface area contributed by atoms with Crippen LogP contribution in [0.3, 0.4) is 0 Å². The van der Waals surface area contributed by atoms with Crippen LogP contribution in [-0.4, -0.2) is 59.0 Å². The highest BCUT2D eigenvalue weighted by atomic mass is 19.4. The summed E-state index contributed by atoms with van der Waals surface area (Å²) in [5.41, 5.74) is 0.774. The Morgan fingerprint density at radius 3 is 2.55 bits per heavy atom. The minimum absolute atomic E-state index is 0.0722. The zero-order valence-electron chi connectivity index (χ0n) is 16.5. The molecule has 160 valence electrons. The van der Waals surface area contributed by atoms with E-state index >= 15 is 0 Å². The van der Waals surface area contributed by atoms with E-state index in [1.54, 1.807) is 24.0 Å². The molecule has 29 heavy (non-hydrogen) atoms. The zero-order chi connectivity index (χ0) is 21.0. The summed E-state index contributed by atoms with van der Waals surface area (Å²) in [6.45, 7) is 5.00. The molecule has 2 atom stereocenters. The van der Waals surface area contributed by atoms with Crippen molar-refractivity contribution in [2.45, 2.75) is 45.3 Å². The van der Waals surface area contributed by atoms with Gasteiger partial charge >= 0.3 is 6.18 Å². The molecule has 3 rings (SSSR count). The second kappa shape index (κ2) is 9.11.